The highest BCUT2D eigenvalue weighted by Crippen LogP contribution is 2.46. The molecule has 5 nitrogen and oxygen atoms in total. The molecule has 0 radical (unpaired) electrons. The fourth-order valence-corrected chi connectivity index (χ4v) is 4.04. The van der Waals surface area contributed by atoms with Gasteiger partial charge in [0.05, 0.1) is 20.3 Å². The van der Waals surface area contributed by atoms with Crippen LogP contribution in [0.3, 0.4) is 0 Å². The summed E-state index contributed by atoms with van der Waals surface area (Å²) in [5, 5.41) is 0. The topological polar surface area (TPSA) is 40.2 Å². The molecule has 0 spiro atoms. The van der Waals surface area contributed by atoms with E-state index >= 15 is 0 Å². The Kier molecular flexibility index (Phi) is 3.10. The van der Waals surface area contributed by atoms with Crippen molar-refractivity contribution in [3.8, 4) is 23.0 Å². The normalized spacial score (nSPS) is 19.1. The molecule has 1 atom stereocenters. The van der Waals surface area contributed by atoms with E-state index in [0.29, 0.717) is 12.8 Å². The van der Waals surface area contributed by atoms with Crippen LogP contribution in [0.5, 0.6) is 23.0 Å². The maximum atomic E-state index is 5.63. The summed E-state index contributed by atoms with van der Waals surface area (Å²) in [5.74, 6) is 3.29. The highest BCUT2D eigenvalue weighted by Gasteiger charge is 2.33. The first-order valence-corrected chi connectivity index (χ1v) is 8.38. The second-order valence-corrected chi connectivity index (χ2v) is 6.48. The minimum Gasteiger partial charge on any atom is -0.493 e. The highest BCUT2D eigenvalue weighted by molar-refractivity contribution is 5.64. The van der Waals surface area contributed by atoms with E-state index in [-0.39, 0.29) is 0 Å². The molecule has 0 bridgehead atoms. The van der Waals surface area contributed by atoms with E-state index < -0.39 is 0 Å². The van der Waals surface area contributed by atoms with E-state index in [1.807, 2.05) is 6.07 Å². The van der Waals surface area contributed by atoms with Crippen LogP contribution in [0.25, 0.3) is 6.08 Å². The van der Waals surface area contributed by atoms with Crippen molar-refractivity contribution in [1.82, 2.24) is 4.90 Å². The standard InChI is InChI=1S/C20H19NO4/c1-22-17-4-3-12-7-16-14-9-19-18(24-11-25-19)8-13(14)5-6-21(16)10-15(12)20(17)23-2/h3-6,8-9,16H,7,10-11H2,1-2H3. The third-order valence-electron chi connectivity index (χ3n) is 5.28. The van der Waals surface area contributed by atoms with Gasteiger partial charge in [-0.2, -0.15) is 0 Å². The average molecular weight is 337 g/mol. The Morgan fingerprint density at radius 1 is 1.08 bits per heavy atom. The van der Waals surface area contributed by atoms with Crippen LogP contribution in [0.2, 0.25) is 0 Å². The lowest BCUT2D eigenvalue weighted by molar-refractivity contribution is 0.173. The lowest BCUT2D eigenvalue weighted by Crippen LogP contribution is -2.32. The second-order valence-electron chi connectivity index (χ2n) is 6.48. The van der Waals surface area contributed by atoms with Gasteiger partial charge < -0.3 is 23.8 Å². The van der Waals surface area contributed by atoms with Gasteiger partial charge in [-0.25, -0.2) is 0 Å². The third kappa shape index (κ3) is 2.08. The predicted octanol–water partition coefficient (Wildman–Crippen LogP) is 3.52. The van der Waals surface area contributed by atoms with Crippen LogP contribution in [0.4, 0.5) is 0 Å². The van der Waals surface area contributed by atoms with Gasteiger partial charge in [-0.1, -0.05) is 6.07 Å². The molecule has 3 heterocycles. The number of hydrogen-bond donors (Lipinski definition) is 0. The molecule has 5 heteroatoms. The maximum absolute atomic E-state index is 5.63. The molecule has 2 aromatic rings. The summed E-state index contributed by atoms with van der Waals surface area (Å²) in [6.45, 7) is 1.10. The van der Waals surface area contributed by atoms with Crippen LogP contribution in [-0.4, -0.2) is 25.9 Å². The molecular formula is C20H19NO4. The number of hydrogen-bond acceptors (Lipinski definition) is 5. The maximum Gasteiger partial charge on any atom is 0.231 e. The molecule has 0 saturated heterocycles. The summed E-state index contributed by atoms with van der Waals surface area (Å²) in [7, 11) is 3.38. The number of nitrogens with zero attached hydrogens (tertiary/aromatic N) is 1. The smallest absolute Gasteiger partial charge is 0.231 e. The number of ether oxygens (including phenoxy) is 4. The molecular weight excluding hydrogens is 318 g/mol. The summed E-state index contributed by atoms with van der Waals surface area (Å²) in [6.07, 6.45) is 5.23. The van der Waals surface area contributed by atoms with Gasteiger partial charge in [-0.05, 0) is 47.4 Å². The first-order valence-electron chi connectivity index (χ1n) is 8.38. The molecule has 0 aliphatic carbocycles. The number of fused-ring (bicyclic) bond motifs is 5. The molecule has 5 rings (SSSR count). The van der Waals surface area contributed by atoms with E-state index in [9.17, 15) is 0 Å². The van der Waals surface area contributed by atoms with E-state index in [0.717, 1.165) is 36.0 Å². The van der Waals surface area contributed by atoms with E-state index in [1.165, 1.54) is 22.3 Å². The highest BCUT2D eigenvalue weighted by atomic mass is 16.7. The van der Waals surface area contributed by atoms with Gasteiger partial charge in [0.2, 0.25) is 6.79 Å². The lowest BCUT2D eigenvalue weighted by Gasteiger charge is -2.40. The minimum atomic E-state index is 0.292. The van der Waals surface area contributed by atoms with Crippen molar-refractivity contribution >= 4 is 6.08 Å². The molecule has 3 aliphatic heterocycles. The van der Waals surface area contributed by atoms with Crippen molar-refractivity contribution in [1.29, 1.82) is 0 Å². The monoisotopic (exact) mass is 337 g/mol. The molecule has 0 aromatic heterocycles. The van der Waals surface area contributed by atoms with Crippen molar-refractivity contribution in [2.24, 2.45) is 0 Å². The molecule has 3 aliphatic rings. The molecule has 0 amide bonds. The molecule has 1 unspecified atom stereocenters. The van der Waals surface area contributed by atoms with Crippen LogP contribution in [0, 0.1) is 0 Å². The van der Waals surface area contributed by atoms with Gasteiger partial charge in [0.25, 0.3) is 0 Å². The van der Waals surface area contributed by atoms with Gasteiger partial charge in [-0.3, -0.25) is 0 Å². The van der Waals surface area contributed by atoms with Crippen molar-refractivity contribution in [2.45, 2.75) is 19.0 Å². The van der Waals surface area contributed by atoms with Gasteiger partial charge in [0, 0.05) is 18.3 Å². The fourth-order valence-electron chi connectivity index (χ4n) is 4.04. The summed E-state index contributed by atoms with van der Waals surface area (Å²) >= 11 is 0. The molecule has 2 aromatic carbocycles. The Bertz CT molecular complexity index is 890. The Labute approximate surface area is 146 Å². The Morgan fingerprint density at radius 3 is 2.72 bits per heavy atom. The van der Waals surface area contributed by atoms with Crippen molar-refractivity contribution in [3.63, 3.8) is 0 Å². The minimum absolute atomic E-state index is 0.292. The van der Waals surface area contributed by atoms with Crippen molar-refractivity contribution in [2.75, 3.05) is 21.0 Å². The average Bonchev–Trinajstić information content (AvgIpc) is 3.11. The number of methoxy groups -OCH3 is 2. The predicted molar refractivity (Wildman–Crippen MR) is 93.1 cm³/mol. The Balaban J connectivity index is 1.59. The van der Waals surface area contributed by atoms with Crippen molar-refractivity contribution < 1.29 is 18.9 Å². The van der Waals surface area contributed by atoms with E-state index in [4.69, 9.17) is 18.9 Å². The number of rotatable bonds is 2. The van der Waals surface area contributed by atoms with Crippen LogP contribution in [-0.2, 0) is 13.0 Å². The zero-order valence-corrected chi connectivity index (χ0v) is 14.2. The molecule has 0 fully saturated rings. The fraction of sp³-hybridized carbons (Fsp3) is 0.300. The van der Waals surface area contributed by atoms with E-state index in [2.05, 4.69) is 35.4 Å². The summed E-state index contributed by atoms with van der Waals surface area (Å²) in [6, 6.07) is 8.64. The summed E-state index contributed by atoms with van der Waals surface area (Å²) in [5.41, 5.74) is 4.99. The number of benzene rings is 2. The van der Waals surface area contributed by atoms with Crippen LogP contribution in [0.15, 0.2) is 30.5 Å². The largest absolute Gasteiger partial charge is 0.493 e. The summed E-state index contributed by atoms with van der Waals surface area (Å²) in [4.78, 5) is 2.36. The zero-order chi connectivity index (χ0) is 17.0. The first-order chi connectivity index (χ1) is 12.3. The van der Waals surface area contributed by atoms with Gasteiger partial charge in [-0.15, -0.1) is 0 Å². The van der Waals surface area contributed by atoms with Gasteiger partial charge in [0.1, 0.15) is 0 Å². The zero-order valence-electron chi connectivity index (χ0n) is 14.2. The summed E-state index contributed by atoms with van der Waals surface area (Å²) < 4.78 is 22.2. The molecule has 25 heavy (non-hydrogen) atoms. The SMILES string of the molecule is COc1ccc2c(c1OC)CN1C=Cc3cc4c(cc3C1C2)OCO4. The van der Waals surface area contributed by atoms with E-state index in [1.54, 1.807) is 14.2 Å². The third-order valence-corrected chi connectivity index (χ3v) is 5.28. The Morgan fingerprint density at radius 2 is 1.92 bits per heavy atom. The molecule has 0 N–H and O–H groups in total. The van der Waals surface area contributed by atoms with Gasteiger partial charge >= 0.3 is 0 Å². The molecule has 0 saturated carbocycles. The quantitative estimate of drug-likeness (QED) is 0.839. The molecule has 128 valence electrons. The van der Waals surface area contributed by atoms with Crippen LogP contribution in [0.1, 0.15) is 28.3 Å². The first kappa shape index (κ1) is 14.5. The van der Waals surface area contributed by atoms with Gasteiger partial charge in [0.15, 0.2) is 23.0 Å². The lowest BCUT2D eigenvalue weighted by atomic mass is 9.85. The van der Waals surface area contributed by atoms with Crippen LogP contribution < -0.4 is 18.9 Å². The Hall–Kier alpha value is -2.82. The second kappa shape index (κ2) is 5.34. The van der Waals surface area contributed by atoms with Crippen molar-refractivity contribution in [3.05, 3.63) is 52.7 Å². The van der Waals surface area contributed by atoms with Crippen LogP contribution >= 0.6 is 0 Å².